The zero-order chi connectivity index (χ0) is 12.7. The smallest absolute Gasteiger partial charge is 0.333 e. The van der Waals surface area contributed by atoms with Crippen LogP contribution in [-0.2, 0) is 16.0 Å². The number of rotatable bonds is 6. The Hall–Kier alpha value is -1.77. The fourth-order valence-electron chi connectivity index (χ4n) is 1.45. The second kappa shape index (κ2) is 6.74. The Bertz CT molecular complexity index is 399. The molecule has 0 saturated heterocycles. The monoisotopic (exact) mass is 233 g/mol. The molecule has 3 nitrogen and oxygen atoms in total. The van der Waals surface area contributed by atoms with Gasteiger partial charge < -0.3 is 10.1 Å². The minimum Gasteiger partial charge on any atom is -0.460 e. The summed E-state index contributed by atoms with van der Waals surface area (Å²) in [7, 11) is 0. The minimum atomic E-state index is -0.337. The highest BCUT2D eigenvalue weighted by Gasteiger charge is 2.02. The fraction of sp³-hybridized carbons (Fsp3) is 0.357. The van der Waals surface area contributed by atoms with E-state index >= 15 is 0 Å². The van der Waals surface area contributed by atoms with Gasteiger partial charge in [-0.25, -0.2) is 4.79 Å². The number of para-hydroxylation sites is 1. The summed E-state index contributed by atoms with van der Waals surface area (Å²) in [5, 5.41) is 3.25. The van der Waals surface area contributed by atoms with Crippen molar-refractivity contribution in [2.75, 3.05) is 18.5 Å². The molecule has 0 aromatic heterocycles. The predicted octanol–water partition coefficient (Wildman–Crippen LogP) is 2.78. The van der Waals surface area contributed by atoms with Crippen molar-refractivity contribution in [3.8, 4) is 0 Å². The van der Waals surface area contributed by atoms with Gasteiger partial charge in [0, 0.05) is 17.8 Å². The Labute approximate surface area is 102 Å². The van der Waals surface area contributed by atoms with Gasteiger partial charge >= 0.3 is 5.97 Å². The molecule has 0 aliphatic carbocycles. The van der Waals surface area contributed by atoms with Gasteiger partial charge in [0.25, 0.3) is 0 Å². The number of anilines is 1. The van der Waals surface area contributed by atoms with Crippen molar-refractivity contribution < 1.29 is 9.53 Å². The van der Waals surface area contributed by atoms with Crippen LogP contribution in [-0.4, -0.2) is 19.1 Å². The quantitative estimate of drug-likeness (QED) is 0.466. The largest absolute Gasteiger partial charge is 0.460 e. The number of carbonyl (C=O) groups excluding carboxylic acids is 1. The van der Waals surface area contributed by atoms with Gasteiger partial charge in [-0.05, 0) is 25.0 Å². The molecule has 0 saturated carbocycles. The molecule has 0 radical (unpaired) electrons. The molecule has 0 unspecified atom stereocenters. The van der Waals surface area contributed by atoms with Gasteiger partial charge in [0.1, 0.15) is 6.61 Å². The van der Waals surface area contributed by atoms with Crippen LogP contribution in [0.2, 0.25) is 0 Å². The van der Waals surface area contributed by atoms with E-state index in [0.29, 0.717) is 18.7 Å². The molecular weight excluding hydrogens is 214 g/mol. The molecule has 0 fully saturated rings. The highest BCUT2D eigenvalue weighted by molar-refractivity contribution is 5.86. The molecule has 0 atom stereocenters. The molecule has 1 rings (SSSR count). The molecule has 92 valence electrons. The summed E-state index contributed by atoms with van der Waals surface area (Å²) >= 11 is 0. The Morgan fingerprint density at radius 3 is 2.76 bits per heavy atom. The summed E-state index contributed by atoms with van der Waals surface area (Å²) in [5.41, 5.74) is 2.79. The number of ether oxygens (including phenoxy) is 1. The van der Waals surface area contributed by atoms with Gasteiger partial charge in [-0.15, -0.1) is 0 Å². The molecule has 1 N–H and O–H groups in total. The lowest BCUT2D eigenvalue weighted by Gasteiger charge is -2.10. The van der Waals surface area contributed by atoms with E-state index in [1.807, 2.05) is 18.2 Å². The van der Waals surface area contributed by atoms with E-state index in [1.165, 1.54) is 5.56 Å². The van der Waals surface area contributed by atoms with Crippen LogP contribution in [0.15, 0.2) is 36.4 Å². The van der Waals surface area contributed by atoms with Crippen LogP contribution < -0.4 is 5.32 Å². The van der Waals surface area contributed by atoms with E-state index in [9.17, 15) is 4.79 Å². The van der Waals surface area contributed by atoms with Gasteiger partial charge in [0.05, 0.1) is 0 Å². The molecule has 17 heavy (non-hydrogen) atoms. The maximum absolute atomic E-state index is 11.1. The first-order valence-corrected chi connectivity index (χ1v) is 5.79. The SMILES string of the molecule is C=C(C)C(=O)OCCNc1ccccc1CC. The standard InChI is InChI=1S/C14H19NO2/c1-4-12-7-5-6-8-13(12)15-9-10-17-14(16)11(2)3/h5-8,15H,2,4,9-10H2,1,3H3. The zero-order valence-electron chi connectivity index (χ0n) is 10.5. The molecule has 1 aromatic rings. The number of benzene rings is 1. The third kappa shape index (κ3) is 4.31. The number of carbonyl (C=O) groups is 1. The normalized spacial score (nSPS) is 9.76. The molecule has 0 heterocycles. The van der Waals surface area contributed by atoms with Crippen molar-refractivity contribution >= 4 is 11.7 Å². The van der Waals surface area contributed by atoms with Gasteiger partial charge in [0.15, 0.2) is 0 Å². The highest BCUT2D eigenvalue weighted by atomic mass is 16.5. The topological polar surface area (TPSA) is 38.3 Å². The van der Waals surface area contributed by atoms with Crippen molar-refractivity contribution in [3.05, 3.63) is 42.0 Å². The van der Waals surface area contributed by atoms with E-state index in [2.05, 4.69) is 24.9 Å². The summed E-state index contributed by atoms with van der Waals surface area (Å²) in [6.45, 7) is 8.24. The van der Waals surface area contributed by atoms with Crippen LogP contribution in [0.25, 0.3) is 0 Å². The van der Waals surface area contributed by atoms with Crippen LogP contribution in [0.4, 0.5) is 5.69 Å². The number of aryl methyl sites for hydroxylation is 1. The average molecular weight is 233 g/mol. The number of nitrogens with one attached hydrogen (secondary N) is 1. The average Bonchev–Trinajstić information content (AvgIpc) is 2.34. The van der Waals surface area contributed by atoms with Crippen molar-refractivity contribution in [1.29, 1.82) is 0 Å². The maximum atomic E-state index is 11.1. The van der Waals surface area contributed by atoms with E-state index in [4.69, 9.17) is 4.74 Å². The van der Waals surface area contributed by atoms with Gasteiger partial charge in [-0.2, -0.15) is 0 Å². The summed E-state index contributed by atoms with van der Waals surface area (Å²) in [6.07, 6.45) is 0.981. The van der Waals surface area contributed by atoms with Crippen LogP contribution in [0.5, 0.6) is 0 Å². The number of hydrogen-bond acceptors (Lipinski definition) is 3. The number of hydrogen-bond donors (Lipinski definition) is 1. The molecule has 0 bridgehead atoms. The maximum Gasteiger partial charge on any atom is 0.333 e. The summed E-state index contributed by atoms with van der Waals surface area (Å²) in [4.78, 5) is 11.1. The Kier molecular flexibility index (Phi) is 5.27. The summed E-state index contributed by atoms with van der Waals surface area (Å²) < 4.78 is 5.00. The van der Waals surface area contributed by atoms with Crippen LogP contribution in [0.3, 0.4) is 0 Å². The molecule has 0 spiro atoms. The van der Waals surface area contributed by atoms with Crippen LogP contribution >= 0.6 is 0 Å². The second-order valence-corrected chi connectivity index (χ2v) is 3.85. The van der Waals surface area contributed by atoms with Crippen LogP contribution in [0.1, 0.15) is 19.4 Å². The van der Waals surface area contributed by atoms with Gasteiger partial charge in [-0.1, -0.05) is 31.7 Å². The van der Waals surface area contributed by atoms with E-state index < -0.39 is 0 Å². The molecule has 3 heteroatoms. The van der Waals surface area contributed by atoms with E-state index in [1.54, 1.807) is 6.92 Å². The summed E-state index contributed by atoms with van der Waals surface area (Å²) in [5.74, 6) is -0.337. The first kappa shape index (κ1) is 13.3. The molecule has 1 aromatic carbocycles. The first-order chi connectivity index (χ1) is 8.15. The van der Waals surface area contributed by atoms with Gasteiger partial charge in [-0.3, -0.25) is 0 Å². The highest BCUT2D eigenvalue weighted by Crippen LogP contribution is 2.14. The van der Waals surface area contributed by atoms with Crippen LogP contribution in [0, 0.1) is 0 Å². The second-order valence-electron chi connectivity index (χ2n) is 3.85. The lowest BCUT2D eigenvalue weighted by atomic mass is 10.1. The van der Waals surface area contributed by atoms with Crippen molar-refractivity contribution in [2.24, 2.45) is 0 Å². The fourth-order valence-corrected chi connectivity index (χ4v) is 1.45. The number of esters is 1. The Balaban J connectivity index is 2.36. The van der Waals surface area contributed by atoms with Crippen molar-refractivity contribution in [2.45, 2.75) is 20.3 Å². The third-order valence-electron chi connectivity index (χ3n) is 2.40. The van der Waals surface area contributed by atoms with Crippen molar-refractivity contribution in [3.63, 3.8) is 0 Å². The van der Waals surface area contributed by atoms with Crippen molar-refractivity contribution in [1.82, 2.24) is 0 Å². The zero-order valence-corrected chi connectivity index (χ0v) is 10.5. The molecular formula is C14H19NO2. The predicted molar refractivity (Wildman–Crippen MR) is 70.1 cm³/mol. The Morgan fingerprint density at radius 1 is 1.41 bits per heavy atom. The van der Waals surface area contributed by atoms with E-state index in [0.717, 1.165) is 12.1 Å². The minimum absolute atomic E-state index is 0.337. The van der Waals surface area contributed by atoms with Gasteiger partial charge in [0.2, 0.25) is 0 Å². The molecule has 0 aliphatic rings. The van der Waals surface area contributed by atoms with E-state index in [-0.39, 0.29) is 5.97 Å². The summed E-state index contributed by atoms with van der Waals surface area (Å²) in [6, 6.07) is 8.12. The molecule has 0 aliphatic heterocycles. The third-order valence-corrected chi connectivity index (χ3v) is 2.40. The Morgan fingerprint density at radius 2 is 2.12 bits per heavy atom. The molecule has 0 amide bonds. The first-order valence-electron chi connectivity index (χ1n) is 5.79. The lowest BCUT2D eigenvalue weighted by Crippen LogP contribution is -2.14. The lowest BCUT2D eigenvalue weighted by molar-refractivity contribution is -0.138.